The molecule has 0 aliphatic rings. The van der Waals surface area contributed by atoms with Gasteiger partial charge in [0.25, 0.3) is 0 Å². The predicted octanol–water partition coefficient (Wildman–Crippen LogP) is 2.19. The number of aryl methyl sites for hydroxylation is 2. The summed E-state index contributed by atoms with van der Waals surface area (Å²) in [5.74, 6) is 0.474. The first-order valence-corrected chi connectivity index (χ1v) is 7.77. The Kier molecular flexibility index (Phi) is 5.46. The molecule has 1 rings (SSSR count). The molecule has 1 N–H and O–H groups in total. The first kappa shape index (κ1) is 18.0. The van der Waals surface area contributed by atoms with Crippen LogP contribution in [0.2, 0.25) is 0 Å². The van der Waals surface area contributed by atoms with Gasteiger partial charge in [-0.3, -0.25) is 0 Å². The number of furan rings is 1. The number of hydrogen-bond donors (Lipinski definition) is 1. The molecule has 0 atom stereocenters. The van der Waals surface area contributed by atoms with E-state index in [-0.39, 0.29) is 17.2 Å². The standard InChI is InChI=1S/C12H19F3N2O3S/c1-5-16-6-10-8(2)20-9(3)11(10)21(18,19)17(4)7-12(13,14)15/h16H,5-7H2,1-4H3. The van der Waals surface area contributed by atoms with Gasteiger partial charge < -0.3 is 9.73 Å². The van der Waals surface area contributed by atoms with Crippen LogP contribution in [0.25, 0.3) is 0 Å². The quantitative estimate of drug-likeness (QED) is 0.869. The van der Waals surface area contributed by atoms with Crippen LogP contribution in [0.4, 0.5) is 13.2 Å². The zero-order valence-electron chi connectivity index (χ0n) is 12.3. The summed E-state index contributed by atoms with van der Waals surface area (Å²) in [6.07, 6.45) is -4.60. The lowest BCUT2D eigenvalue weighted by Gasteiger charge is -2.19. The van der Waals surface area contributed by atoms with Crippen LogP contribution in [0.1, 0.15) is 24.0 Å². The molecule has 1 aromatic heterocycles. The van der Waals surface area contributed by atoms with Crippen molar-refractivity contribution in [1.82, 2.24) is 9.62 Å². The minimum atomic E-state index is -4.60. The van der Waals surface area contributed by atoms with Crippen LogP contribution in [0.15, 0.2) is 9.31 Å². The number of hydrogen-bond acceptors (Lipinski definition) is 4. The van der Waals surface area contributed by atoms with E-state index in [0.717, 1.165) is 7.05 Å². The molecule has 9 heteroatoms. The van der Waals surface area contributed by atoms with Crippen LogP contribution in [0, 0.1) is 13.8 Å². The van der Waals surface area contributed by atoms with Gasteiger partial charge in [0.15, 0.2) is 0 Å². The second-order valence-corrected chi connectivity index (χ2v) is 6.66. The van der Waals surface area contributed by atoms with Gasteiger partial charge in [0.2, 0.25) is 10.0 Å². The Hall–Kier alpha value is -1.06. The van der Waals surface area contributed by atoms with Gasteiger partial charge in [0, 0.05) is 19.2 Å². The second-order valence-electron chi connectivity index (χ2n) is 4.68. The van der Waals surface area contributed by atoms with Gasteiger partial charge in [-0.1, -0.05) is 6.92 Å². The maximum absolute atomic E-state index is 12.4. The third-order valence-electron chi connectivity index (χ3n) is 2.95. The molecule has 0 radical (unpaired) electrons. The van der Waals surface area contributed by atoms with E-state index >= 15 is 0 Å². The van der Waals surface area contributed by atoms with E-state index in [2.05, 4.69) is 5.32 Å². The van der Waals surface area contributed by atoms with Crippen LogP contribution >= 0.6 is 0 Å². The van der Waals surface area contributed by atoms with E-state index in [1.165, 1.54) is 6.92 Å². The van der Waals surface area contributed by atoms with Gasteiger partial charge in [0.05, 0.1) is 0 Å². The Morgan fingerprint density at radius 1 is 1.24 bits per heavy atom. The van der Waals surface area contributed by atoms with E-state index in [1.807, 2.05) is 6.92 Å². The first-order chi connectivity index (χ1) is 9.50. The molecule has 0 fully saturated rings. The van der Waals surface area contributed by atoms with Gasteiger partial charge in [-0.2, -0.15) is 17.5 Å². The molecule has 0 bridgehead atoms. The molecule has 122 valence electrons. The normalized spacial score (nSPS) is 13.1. The highest BCUT2D eigenvalue weighted by Gasteiger charge is 2.37. The first-order valence-electron chi connectivity index (χ1n) is 6.33. The van der Waals surface area contributed by atoms with Crippen molar-refractivity contribution in [3.63, 3.8) is 0 Å². The molecule has 0 spiro atoms. The number of nitrogens with zero attached hydrogens (tertiary/aromatic N) is 1. The highest BCUT2D eigenvalue weighted by atomic mass is 32.2. The number of alkyl halides is 3. The number of nitrogens with one attached hydrogen (secondary N) is 1. The minimum Gasteiger partial charge on any atom is -0.465 e. The molecular formula is C12H19F3N2O3S. The van der Waals surface area contributed by atoms with Crippen molar-refractivity contribution in [1.29, 1.82) is 0 Å². The average Bonchev–Trinajstić information content (AvgIpc) is 2.59. The summed E-state index contributed by atoms with van der Waals surface area (Å²) >= 11 is 0. The molecule has 0 aromatic carbocycles. The van der Waals surface area contributed by atoms with Crippen LogP contribution in [0.5, 0.6) is 0 Å². The van der Waals surface area contributed by atoms with E-state index in [1.54, 1.807) is 6.92 Å². The maximum atomic E-state index is 12.4. The molecule has 0 saturated carbocycles. The Morgan fingerprint density at radius 3 is 2.29 bits per heavy atom. The monoisotopic (exact) mass is 328 g/mol. The Labute approximate surface area is 122 Å². The molecule has 0 unspecified atom stereocenters. The van der Waals surface area contributed by atoms with Crippen LogP contribution in [-0.2, 0) is 16.6 Å². The lowest BCUT2D eigenvalue weighted by atomic mass is 10.2. The summed E-state index contributed by atoms with van der Waals surface area (Å²) in [7, 11) is -3.36. The summed E-state index contributed by atoms with van der Waals surface area (Å²) < 4.78 is 67.6. The van der Waals surface area contributed by atoms with E-state index < -0.39 is 22.7 Å². The molecule has 5 nitrogen and oxygen atoms in total. The fraction of sp³-hybridized carbons (Fsp3) is 0.667. The summed E-state index contributed by atoms with van der Waals surface area (Å²) in [6, 6.07) is 0. The van der Waals surface area contributed by atoms with Gasteiger partial charge >= 0.3 is 6.18 Å². The molecule has 1 aromatic rings. The molecule has 21 heavy (non-hydrogen) atoms. The fourth-order valence-corrected chi connectivity index (χ4v) is 3.56. The number of halogens is 3. The molecular weight excluding hydrogens is 309 g/mol. The molecule has 1 heterocycles. The fourth-order valence-electron chi connectivity index (χ4n) is 2.00. The van der Waals surface area contributed by atoms with Gasteiger partial charge in [-0.15, -0.1) is 0 Å². The highest BCUT2D eigenvalue weighted by Crippen LogP contribution is 2.30. The highest BCUT2D eigenvalue weighted by molar-refractivity contribution is 7.89. The maximum Gasteiger partial charge on any atom is 0.402 e. The molecule has 0 saturated heterocycles. The van der Waals surface area contributed by atoms with Crippen molar-refractivity contribution in [3.05, 3.63) is 17.1 Å². The summed E-state index contributed by atoms with van der Waals surface area (Å²) in [5.41, 5.74) is 0.364. The molecule has 0 aliphatic heterocycles. The number of rotatable bonds is 6. The lowest BCUT2D eigenvalue weighted by Crippen LogP contribution is -2.36. The van der Waals surface area contributed by atoms with E-state index in [9.17, 15) is 21.6 Å². The van der Waals surface area contributed by atoms with Crippen molar-refractivity contribution in [2.75, 3.05) is 20.1 Å². The Bertz CT molecular complexity index is 594. The summed E-state index contributed by atoms with van der Waals surface area (Å²) in [4.78, 5) is -0.187. The average molecular weight is 328 g/mol. The summed E-state index contributed by atoms with van der Waals surface area (Å²) in [5, 5.41) is 2.95. The zero-order valence-corrected chi connectivity index (χ0v) is 13.2. The lowest BCUT2D eigenvalue weighted by molar-refractivity contribution is -0.134. The van der Waals surface area contributed by atoms with Crippen molar-refractivity contribution in [3.8, 4) is 0 Å². The van der Waals surface area contributed by atoms with Crippen molar-refractivity contribution in [2.24, 2.45) is 0 Å². The van der Waals surface area contributed by atoms with Gasteiger partial charge in [-0.05, 0) is 20.4 Å². The topological polar surface area (TPSA) is 62.6 Å². The second kappa shape index (κ2) is 6.37. The predicted molar refractivity (Wildman–Crippen MR) is 71.4 cm³/mol. The van der Waals surface area contributed by atoms with E-state index in [4.69, 9.17) is 4.42 Å². The van der Waals surface area contributed by atoms with Crippen molar-refractivity contribution < 1.29 is 26.0 Å². The van der Waals surface area contributed by atoms with Crippen molar-refractivity contribution in [2.45, 2.75) is 38.4 Å². The zero-order chi connectivity index (χ0) is 16.4. The third-order valence-corrected chi connectivity index (χ3v) is 4.95. The minimum absolute atomic E-state index is 0.0921. The third kappa shape index (κ3) is 4.21. The van der Waals surface area contributed by atoms with Crippen LogP contribution in [0.3, 0.4) is 0 Å². The summed E-state index contributed by atoms with van der Waals surface area (Å²) in [6.45, 7) is 4.13. The van der Waals surface area contributed by atoms with Crippen LogP contribution in [-0.4, -0.2) is 39.0 Å². The number of sulfonamides is 1. The Morgan fingerprint density at radius 2 is 1.81 bits per heavy atom. The van der Waals surface area contributed by atoms with Gasteiger partial charge in [0.1, 0.15) is 23.0 Å². The Balaban J connectivity index is 3.24. The van der Waals surface area contributed by atoms with E-state index in [0.29, 0.717) is 22.2 Å². The van der Waals surface area contributed by atoms with Crippen LogP contribution < -0.4 is 5.32 Å². The smallest absolute Gasteiger partial charge is 0.402 e. The molecule has 0 amide bonds. The van der Waals surface area contributed by atoms with Gasteiger partial charge in [-0.25, -0.2) is 8.42 Å². The van der Waals surface area contributed by atoms with Crippen molar-refractivity contribution >= 4 is 10.0 Å². The SMILES string of the molecule is CCNCc1c(C)oc(C)c1S(=O)(=O)N(C)CC(F)(F)F. The largest absolute Gasteiger partial charge is 0.465 e. The molecule has 0 aliphatic carbocycles.